The van der Waals surface area contributed by atoms with Crippen LogP contribution in [0.1, 0.15) is 13.8 Å². The van der Waals surface area contributed by atoms with Crippen LogP contribution in [0.3, 0.4) is 0 Å². The van der Waals surface area contributed by atoms with Gasteiger partial charge in [-0.3, -0.25) is 0 Å². The summed E-state index contributed by atoms with van der Waals surface area (Å²) in [4.78, 5) is 0. The standard InChI is InChI=1S/C11H12/c1-4-11-8-6-9(2)5-7-10(11)3/h4-5,7-8H,1H2,2-3H3. The zero-order valence-electron chi connectivity index (χ0n) is 7.02. The predicted octanol–water partition coefficient (Wildman–Crippen LogP) is 3.16. The molecular weight excluding hydrogens is 132 g/mol. The first-order chi connectivity index (χ1) is 5.24. The third-order valence-electron chi connectivity index (χ3n) is 1.71. The van der Waals surface area contributed by atoms with E-state index in [1.165, 1.54) is 5.57 Å². The van der Waals surface area contributed by atoms with Crippen LogP contribution in [-0.4, -0.2) is 0 Å². The first-order valence-corrected chi connectivity index (χ1v) is 3.68. The van der Waals surface area contributed by atoms with Crippen molar-refractivity contribution < 1.29 is 0 Å². The Hall–Kier alpha value is -1.26. The Morgan fingerprint density at radius 3 is 2.73 bits per heavy atom. The van der Waals surface area contributed by atoms with Gasteiger partial charge in [0.25, 0.3) is 0 Å². The Morgan fingerprint density at radius 2 is 2.09 bits per heavy atom. The van der Waals surface area contributed by atoms with Gasteiger partial charge in [-0.15, -0.1) is 5.73 Å². The molecule has 0 aliphatic heterocycles. The molecule has 0 bridgehead atoms. The molecule has 0 radical (unpaired) electrons. The highest BCUT2D eigenvalue weighted by Crippen LogP contribution is 2.12. The summed E-state index contributed by atoms with van der Waals surface area (Å²) in [6, 6.07) is 0. The van der Waals surface area contributed by atoms with Crippen LogP contribution in [0.2, 0.25) is 0 Å². The van der Waals surface area contributed by atoms with Crippen LogP contribution in [0, 0.1) is 0 Å². The topological polar surface area (TPSA) is 0 Å². The predicted molar refractivity (Wildman–Crippen MR) is 49.3 cm³/mol. The van der Waals surface area contributed by atoms with Gasteiger partial charge in [-0.1, -0.05) is 24.8 Å². The molecule has 0 nitrogen and oxygen atoms in total. The van der Waals surface area contributed by atoms with Crippen molar-refractivity contribution in [1.82, 2.24) is 0 Å². The summed E-state index contributed by atoms with van der Waals surface area (Å²) >= 11 is 0. The van der Waals surface area contributed by atoms with Crippen molar-refractivity contribution in [2.45, 2.75) is 13.8 Å². The van der Waals surface area contributed by atoms with E-state index < -0.39 is 0 Å². The second kappa shape index (κ2) is 3.23. The molecule has 0 spiro atoms. The fraction of sp³-hybridized carbons (Fsp3) is 0.182. The van der Waals surface area contributed by atoms with Gasteiger partial charge < -0.3 is 0 Å². The minimum atomic E-state index is 1.15. The molecule has 0 heterocycles. The van der Waals surface area contributed by atoms with Crippen molar-refractivity contribution in [1.29, 1.82) is 0 Å². The molecule has 0 amide bonds. The smallest absolute Gasteiger partial charge is 0.00911 e. The largest absolute Gasteiger partial charge is 0.117 e. The Balaban J connectivity index is 3.16. The lowest BCUT2D eigenvalue weighted by molar-refractivity contribution is 1.46. The molecule has 0 fully saturated rings. The van der Waals surface area contributed by atoms with E-state index in [4.69, 9.17) is 0 Å². The normalized spacial score (nSPS) is 16.4. The van der Waals surface area contributed by atoms with Gasteiger partial charge in [0.2, 0.25) is 0 Å². The molecule has 0 atom stereocenters. The highest BCUT2D eigenvalue weighted by atomic mass is 14.0. The maximum Gasteiger partial charge on any atom is -0.00911 e. The fourth-order valence-electron chi connectivity index (χ4n) is 0.920. The van der Waals surface area contributed by atoms with Crippen molar-refractivity contribution in [3.05, 3.63) is 53.3 Å². The Labute approximate surface area is 67.9 Å². The van der Waals surface area contributed by atoms with Gasteiger partial charge in [-0.2, -0.15) is 0 Å². The van der Waals surface area contributed by atoms with E-state index in [9.17, 15) is 0 Å². The number of hydrogen-bond donors (Lipinski definition) is 0. The first-order valence-electron chi connectivity index (χ1n) is 3.68. The SMILES string of the molecule is C=CC1=C(C)C=CC(C)=C=C1. The van der Waals surface area contributed by atoms with E-state index >= 15 is 0 Å². The van der Waals surface area contributed by atoms with Crippen LogP contribution >= 0.6 is 0 Å². The lowest BCUT2D eigenvalue weighted by Crippen LogP contribution is -1.74. The first kappa shape index (κ1) is 7.84. The molecule has 0 unspecified atom stereocenters. The van der Waals surface area contributed by atoms with Gasteiger partial charge in [-0.05, 0) is 36.6 Å². The van der Waals surface area contributed by atoms with Gasteiger partial charge in [0.05, 0.1) is 0 Å². The maximum absolute atomic E-state index is 3.73. The molecule has 0 heteroatoms. The van der Waals surface area contributed by atoms with E-state index in [-0.39, 0.29) is 0 Å². The molecule has 1 rings (SSSR count). The van der Waals surface area contributed by atoms with Gasteiger partial charge in [0.1, 0.15) is 0 Å². The summed E-state index contributed by atoms with van der Waals surface area (Å²) in [5, 5.41) is 0. The van der Waals surface area contributed by atoms with Gasteiger partial charge in [0.15, 0.2) is 0 Å². The summed E-state index contributed by atoms with van der Waals surface area (Å²) in [6.07, 6.45) is 7.97. The number of hydrogen-bond acceptors (Lipinski definition) is 0. The van der Waals surface area contributed by atoms with Crippen molar-refractivity contribution in [2.75, 3.05) is 0 Å². The van der Waals surface area contributed by atoms with Crippen molar-refractivity contribution in [2.24, 2.45) is 0 Å². The quantitative estimate of drug-likeness (QED) is 0.496. The van der Waals surface area contributed by atoms with Gasteiger partial charge in [0, 0.05) is 0 Å². The van der Waals surface area contributed by atoms with Crippen molar-refractivity contribution in [3.8, 4) is 0 Å². The molecule has 11 heavy (non-hydrogen) atoms. The fourth-order valence-corrected chi connectivity index (χ4v) is 0.920. The average Bonchev–Trinajstić information content (AvgIpc) is 2.15. The molecular formula is C11H12. The second-order valence-electron chi connectivity index (χ2n) is 2.65. The van der Waals surface area contributed by atoms with Gasteiger partial charge >= 0.3 is 0 Å². The van der Waals surface area contributed by atoms with Crippen molar-refractivity contribution in [3.63, 3.8) is 0 Å². The van der Waals surface area contributed by atoms with E-state index in [1.807, 2.05) is 19.1 Å². The summed E-state index contributed by atoms with van der Waals surface area (Å²) in [5.74, 6) is 0. The molecule has 56 valence electrons. The third-order valence-corrected chi connectivity index (χ3v) is 1.71. The summed E-state index contributed by atoms with van der Waals surface area (Å²) in [5.41, 5.74) is 6.70. The zero-order chi connectivity index (χ0) is 8.27. The maximum atomic E-state index is 3.73. The molecule has 0 aromatic carbocycles. The lowest BCUT2D eigenvalue weighted by Gasteiger charge is -1.93. The molecule has 1 aliphatic rings. The molecule has 0 saturated carbocycles. The molecule has 0 aromatic rings. The Morgan fingerprint density at radius 1 is 1.36 bits per heavy atom. The molecule has 1 aliphatic carbocycles. The molecule has 0 aromatic heterocycles. The van der Waals surface area contributed by atoms with E-state index in [0.717, 1.165) is 11.1 Å². The molecule has 0 saturated heterocycles. The van der Waals surface area contributed by atoms with Gasteiger partial charge in [-0.25, -0.2) is 0 Å². The molecule has 0 N–H and O–H groups in total. The zero-order valence-corrected chi connectivity index (χ0v) is 7.02. The second-order valence-corrected chi connectivity index (χ2v) is 2.65. The van der Waals surface area contributed by atoms with Crippen LogP contribution in [0.25, 0.3) is 0 Å². The van der Waals surface area contributed by atoms with Crippen LogP contribution in [-0.2, 0) is 0 Å². The Kier molecular flexibility index (Phi) is 2.30. The van der Waals surface area contributed by atoms with E-state index in [2.05, 4.69) is 31.4 Å². The monoisotopic (exact) mass is 144 g/mol. The average molecular weight is 144 g/mol. The van der Waals surface area contributed by atoms with Crippen LogP contribution in [0.4, 0.5) is 0 Å². The minimum Gasteiger partial charge on any atom is -0.117 e. The summed E-state index contributed by atoms with van der Waals surface area (Å²) in [7, 11) is 0. The van der Waals surface area contributed by atoms with Crippen molar-refractivity contribution >= 4 is 0 Å². The lowest BCUT2D eigenvalue weighted by atomic mass is 10.1. The van der Waals surface area contributed by atoms with Crippen LogP contribution in [0.15, 0.2) is 53.3 Å². The van der Waals surface area contributed by atoms with Crippen LogP contribution in [0.5, 0.6) is 0 Å². The summed E-state index contributed by atoms with van der Waals surface area (Å²) in [6.45, 7) is 7.84. The minimum absolute atomic E-state index is 1.15. The van der Waals surface area contributed by atoms with E-state index in [0.29, 0.717) is 0 Å². The summed E-state index contributed by atoms with van der Waals surface area (Å²) < 4.78 is 0. The third kappa shape index (κ3) is 1.83. The Bertz CT molecular complexity index is 292. The number of allylic oxidation sites excluding steroid dienone is 6. The highest BCUT2D eigenvalue weighted by molar-refractivity contribution is 5.43. The van der Waals surface area contributed by atoms with Crippen LogP contribution < -0.4 is 0 Å². The highest BCUT2D eigenvalue weighted by Gasteiger charge is 1.93. The van der Waals surface area contributed by atoms with E-state index in [1.54, 1.807) is 0 Å². The number of rotatable bonds is 1.